The molecule has 0 bridgehead atoms. The molecule has 2 aliphatic carbocycles. The number of alkyl halides is 1. The molecule has 3 rings (SSSR count). The smallest absolute Gasteiger partial charge is 0.150 e. The van der Waals surface area contributed by atoms with Crippen LogP contribution in [-0.2, 0) is 4.74 Å². The number of aliphatic hydroxyl groups excluding tert-OH is 1. The first-order valence-corrected chi connectivity index (χ1v) is 9.77. The number of aliphatic hydroxyl groups is 1. The van der Waals surface area contributed by atoms with E-state index < -0.39 is 12.8 Å². The van der Waals surface area contributed by atoms with Crippen LogP contribution in [0.5, 0.6) is 0 Å². The fourth-order valence-corrected chi connectivity index (χ4v) is 3.91. The van der Waals surface area contributed by atoms with Crippen molar-refractivity contribution >= 4 is 0 Å². The maximum absolute atomic E-state index is 12.8. The molecule has 0 aromatic heterocycles. The van der Waals surface area contributed by atoms with Gasteiger partial charge in [0.2, 0.25) is 0 Å². The highest BCUT2D eigenvalue weighted by Crippen LogP contribution is 2.35. The lowest BCUT2D eigenvalue weighted by atomic mass is 9.82. The Morgan fingerprint density at radius 2 is 2.19 bits per heavy atom. The molecular weight excluding hydrogens is 331 g/mol. The van der Waals surface area contributed by atoms with E-state index in [0.29, 0.717) is 17.7 Å². The molecule has 1 aliphatic heterocycles. The van der Waals surface area contributed by atoms with Crippen molar-refractivity contribution in [2.24, 2.45) is 5.92 Å². The maximum atomic E-state index is 12.8. The molecule has 0 aromatic carbocycles. The molecule has 3 unspecified atom stereocenters. The standard InChI is InChI=1S/C21H31FN2O2/c1-3-24(2)17-8-4-15(5-9-17)20-11-7-16-6-10-18(12-21(16)23-20)26-19(13-22)14-25/h4,8,10,12,16,19-20,23,25H,3,5-7,9,11,13-14H2,1-2H3. The molecule has 4 nitrogen and oxygen atoms in total. The van der Waals surface area contributed by atoms with Crippen LogP contribution in [0.2, 0.25) is 0 Å². The molecule has 0 spiro atoms. The van der Waals surface area contributed by atoms with Crippen molar-refractivity contribution in [1.82, 2.24) is 10.2 Å². The van der Waals surface area contributed by atoms with Gasteiger partial charge in [-0.05, 0) is 62.8 Å². The van der Waals surface area contributed by atoms with E-state index in [4.69, 9.17) is 9.84 Å². The molecule has 26 heavy (non-hydrogen) atoms. The van der Waals surface area contributed by atoms with Crippen LogP contribution >= 0.6 is 0 Å². The van der Waals surface area contributed by atoms with Gasteiger partial charge in [0.15, 0.2) is 0 Å². The van der Waals surface area contributed by atoms with Gasteiger partial charge in [-0.25, -0.2) is 4.39 Å². The third kappa shape index (κ3) is 4.32. The van der Waals surface area contributed by atoms with E-state index in [1.165, 1.54) is 17.0 Å². The minimum absolute atomic E-state index is 0.301. The SMILES string of the molecule is CCN(C)C1=CC=C(C2CCC3CC=C(OC(CO)CF)C=C3N2)CC1. The second-order valence-corrected chi connectivity index (χ2v) is 7.40. The zero-order valence-electron chi connectivity index (χ0n) is 15.9. The first-order chi connectivity index (χ1) is 12.6. The third-order valence-electron chi connectivity index (χ3n) is 5.74. The number of rotatable bonds is 7. The highest BCUT2D eigenvalue weighted by atomic mass is 19.1. The second-order valence-electron chi connectivity index (χ2n) is 7.40. The van der Waals surface area contributed by atoms with Crippen molar-refractivity contribution in [2.45, 2.75) is 51.2 Å². The monoisotopic (exact) mass is 362 g/mol. The molecule has 0 radical (unpaired) electrons. The maximum Gasteiger partial charge on any atom is 0.150 e. The van der Waals surface area contributed by atoms with Gasteiger partial charge in [-0.1, -0.05) is 6.08 Å². The Hall–Kier alpha value is -1.75. The van der Waals surface area contributed by atoms with Crippen molar-refractivity contribution in [1.29, 1.82) is 0 Å². The van der Waals surface area contributed by atoms with Crippen LogP contribution in [-0.4, -0.2) is 49.0 Å². The van der Waals surface area contributed by atoms with Crippen LogP contribution in [0.3, 0.4) is 0 Å². The molecule has 1 fully saturated rings. The Bertz CT molecular complexity index is 620. The van der Waals surface area contributed by atoms with Crippen LogP contribution in [0.25, 0.3) is 0 Å². The predicted molar refractivity (Wildman–Crippen MR) is 102 cm³/mol. The quantitative estimate of drug-likeness (QED) is 0.728. The summed E-state index contributed by atoms with van der Waals surface area (Å²) in [5.74, 6) is 1.17. The average molecular weight is 362 g/mol. The number of nitrogens with zero attached hydrogens (tertiary/aromatic N) is 1. The number of ether oxygens (including phenoxy) is 1. The Kier molecular flexibility index (Phi) is 6.41. The first-order valence-electron chi connectivity index (χ1n) is 9.77. The van der Waals surface area contributed by atoms with Gasteiger partial charge in [0.05, 0.1) is 6.61 Å². The van der Waals surface area contributed by atoms with Crippen LogP contribution in [0.15, 0.2) is 47.0 Å². The van der Waals surface area contributed by atoms with Crippen LogP contribution in [0.1, 0.15) is 39.0 Å². The van der Waals surface area contributed by atoms with E-state index in [9.17, 15) is 4.39 Å². The fraction of sp³-hybridized carbons (Fsp3) is 0.619. The number of fused-ring (bicyclic) bond motifs is 1. The highest BCUT2D eigenvalue weighted by molar-refractivity contribution is 5.32. The van der Waals surface area contributed by atoms with Crippen molar-refractivity contribution < 1.29 is 14.2 Å². The Balaban J connectivity index is 1.66. The summed E-state index contributed by atoms with van der Waals surface area (Å²) < 4.78 is 18.4. The van der Waals surface area contributed by atoms with Crippen LogP contribution in [0.4, 0.5) is 4.39 Å². The summed E-state index contributed by atoms with van der Waals surface area (Å²) in [6.07, 6.45) is 13.2. The molecule has 2 N–H and O–H groups in total. The van der Waals surface area contributed by atoms with Gasteiger partial charge in [-0.2, -0.15) is 0 Å². The molecule has 3 atom stereocenters. The fourth-order valence-electron chi connectivity index (χ4n) is 3.91. The van der Waals surface area contributed by atoms with E-state index in [2.05, 4.69) is 36.3 Å². The molecule has 1 heterocycles. The number of allylic oxidation sites excluding steroid dienone is 6. The second kappa shape index (κ2) is 8.76. The Morgan fingerprint density at radius 3 is 2.85 bits per heavy atom. The average Bonchev–Trinajstić information content (AvgIpc) is 2.71. The topological polar surface area (TPSA) is 44.7 Å². The zero-order chi connectivity index (χ0) is 18.5. The number of hydrogen-bond acceptors (Lipinski definition) is 4. The van der Waals surface area contributed by atoms with Gasteiger partial charge in [-0.15, -0.1) is 0 Å². The predicted octanol–water partition coefficient (Wildman–Crippen LogP) is 3.43. The van der Waals surface area contributed by atoms with Gasteiger partial charge < -0.3 is 20.1 Å². The van der Waals surface area contributed by atoms with Gasteiger partial charge in [0, 0.05) is 36.9 Å². The van der Waals surface area contributed by atoms with Gasteiger partial charge in [-0.3, -0.25) is 0 Å². The van der Waals surface area contributed by atoms with Gasteiger partial charge in [0.1, 0.15) is 18.5 Å². The molecule has 1 saturated heterocycles. The first kappa shape index (κ1) is 19.0. The normalized spacial score (nSPS) is 26.5. The number of nitrogens with one attached hydrogen (secondary N) is 1. The molecule has 3 aliphatic rings. The molecule has 0 amide bonds. The summed E-state index contributed by atoms with van der Waals surface area (Å²) in [4.78, 5) is 2.30. The lowest BCUT2D eigenvalue weighted by molar-refractivity contribution is 0.0450. The minimum atomic E-state index is -0.769. The summed E-state index contributed by atoms with van der Waals surface area (Å²) in [6.45, 7) is 2.23. The van der Waals surface area contributed by atoms with E-state index in [0.717, 1.165) is 38.6 Å². The molecular formula is C21H31FN2O2. The van der Waals surface area contributed by atoms with E-state index in [1.54, 1.807) is 0 Å². The lowest BCUT2D eigenvalue weighted by Gasteiger charge is -2.37. The minimum Gasteiger partial charge on any atom is -0.486 e. The van der Waals surface area contributed by atoms with E-state index >= 15 is 0 Å². The Labute approximate surface area is 156 Å². The van der Waals surface area contributed by atoms with E-state index in [1.807, 2.05) is 12.2 Å². The zero-order valence-corrected chi connectivity index (χ0v) is 15.9. The third-order valence-corrected chi connectivity index (χ3v) is 5.74. The van der Waals surface area contributed by atoms with E-state index in [-0.39, 0.29) is 6.61 Å². The summed E-state index contributed by atoms with van der Waals surface area (Å²) in [5, 5.41) is 12.8. The molecule has 144 valence electrons. The van der Waals surface area contributed by atoms with Crippen molar-refractivity contribution in [2.75, 3.05) is 26.9 Å². The van der Waals surface area contributed by atoms with Gasteiger partial charge >= 0.3 is 0 Å². The highest BCUT2D eigenvalue weighted by Gasteiger charge is 2.29. The number of halogens is 1. The van der Waals surface area contributed by atoms with Crippen molar-refractivity contribution in [3.63, 3.8) is 0 Å². The van der Waals surface area contributed by atoms with Gasteiger partial charge in [0.25, 0.3) is 0 Å². The summed E-state index contributed by atoms with van der Waals surface area (Å²) in [5.41, 5.74) is 4.06. The molecule has 0 saturated carbocycles. The molecule has 5 heteroatoms. The summed E-state index contributed by atoms with van der Waals surface area (Å²) in [7, 11) is 2.14. The van der Waals surface area contributed by atoms with Crippen molar-refractivity contribution in [3.05, 3.63) is 47.0 Å². The van der Waals surface area contributed by atoms with Crippen molar-refractivity contribution in [3.8, 4) is 0 Å². The lowest BCUT2D eigenvalue weighted by Crippen LogP contribution is -2.39. The summed E-state index contributed by atoms with van der Waals surface area (Å²) >= 11 is 0. The largest absolute Gasteiger partial charge is 0.486 e. The number of hydrogen-bond donors (Lipinski definition) is 2. The number of piperidine rings is 1. The van der Waals surface area contributed by atoms with Crippen LogP contribution in [0, 0.1) is 5.92 Å². The van der Waals surface area contributed by atoms with Crippen LogP contribution < -0.4 is 5.32 Å². The Morgan fingerprint density at radius 1 is 1.35 bits per heavy atom. The summed E-state index contributed by atoms with van der Waals surface area (Å²) in [6, 6.07) is 0.372. The molecule has 0 aromatic rings.